The predicted molar refractivity (Wildman–Crippen MR) is 50.8 cm³/mol. The molecule has 0 radical (unpaired) electrons. The maximum absolute atomic E-state index is 11.3. The minimum absolute atomic E-state index is 0.0515. The lowest BCUT2D eigenvalue weighted by Crippen LogP contribution is -2.57. The zero-order valence-corrected chi connectivity index (χ0v) is 8.14. The fraction of sp³-hybridized carbons (Fsp3) is 0.556. The Hall–Kier alpha value is -1.36. The number of hydrogen-bond acceptors (Lipinski definition) is 3. The van der Waals surface area contributed by atoms with Crippen LogP contribution in [0.1, 0.15) is 0 Å². The van der Waals surface area contributed by atoms with Crippen molar-refractivity contribution < 1.29 is 14.7 Å². The molecular weight excluding hydrogens is 184 g/mol. The molecule has 1 unspecified atom stereocenters. The van der Waals surface area contributed by atoms with Gasteiger partial charge in [0.05, 0.1) is 6.54 Å². The van der Waals surface area contributed by atoms with Crippen LogP contribution in [0.4, 0.5) is 0 Å². The quantitative estimate of drug-likeness (QED) is 0.615. The Morgan fingerprint density at radius 3 is 2.93 bits per heavy atom. The Bertz CT molecular complexity index is 265. The van der Waals surface area contributed by atoms with Crippen LogP contribution in [0.3, 0.4) is 0 Å². The molecule has 1 aliphatic heterocycles. The number of piperazine rings is 1. The first kappa shape index (κ1) is 10.7. The van der Waals surface area contributed by atoms with E-state index in [1.807, 2.05) is 0 Å². The van der Waals surface area contributed by atoms with E-state index in [1.165, 1.54) is 4.90 Å². The number of carbonyl (C=O) groups is 2. The summed E-state index contributed by atoms with van der Waals surface area (Å²) in [5.41, 5.74) is 0. The second-order valence-electron chi connectivity index (χ2n) is 3.35. The first-order chi connectivity index (χ1) is 6.56. The Morgan fingerprint density at radius 2 is 2.43 bits per heavy atom. The van der Waals surface area contributed by atoms with Crippen LogP contribution in [0.2, 0.25) is 0 Å². The van der Waals surface area contributed by atoms with E-state index in [1.54, 1.807) is 18.0 Å². The maximum atomic E-state index is 11.3. The highest BCUT2D eigenvalue weighted by atomic mass is 16.4. The molecule has 0 aromatic carbocycles. The summed E-state index contributed by atoms with van der Waals surface area (Å²) in [5.74, 6) is -0.949. The zero-order chi connectivity index (χ0) is 10.7. The number of likely N-dealkylation sites (N-methyl/N-ethyl adjacent to an activating group) is 1. The van der Waals surface area contributed by atoms with Gasteiger partial charge < -0.3 is 10.0 Å². The van der Waals surface area contributed by atoms with Gasteiger partial charge in [-0.05, 0) is 0 Å². The largest absolute Gasteiger partial charge is 0.480 e. The Labute approximate surface area is 82.6 Å². The number of rotatable bonds is 3. The van der Waals surface area contributed by atoms with Crippen LogP contribution in [0, 0.1) is 0 Å². The fourth-order valence-corrected chi connectivity index (χ4v) is 1.47. The first-order valence-corrected chi connectivity index (χ1v) is 4.38. The normalized spacial score (nSPS) is 23.6. The smallest absolute Gasteiger partial charge is 0.322 e. The number of hydrogen-bond donors (Lipinski definition) is 1. The van der Waals surface area contributed by atoms with E-state index >= 15 is 0 Å². The van der Waals surface area contributed by atoms with Gasteiger partial charge in [0.25, 0.3) is 0 Å². The molecule has 1 fully saturated rings. The van der Waals surface area contributed by atoms with Crippen LogP contribution < -0.4 is 0 Å². The van der Waals surface area contributed by atoms with E-state index in [0.29, 0.717) is 6.54 Å². The highest BCUT2D eigenvalue weighted by Gasteiger charge is 2.33. The molecule has 1 atom stereocenters. The Kier molecular flexibility index (Phi) is 3.24. The van der Waals surface area contributed by atoms with E-state index < -0.39 is 12.0 Å². The van der Waals surface area contributed by atoms with Gasteiger partial charge in [0.15, 0.2) is 0 Å². The average Bonchev–Trinajstić information content (AvgIpc) is 2.11. The van der Waals surface area contributed by atoms with Crippen molar-refractivity contribution in [1.29, 1.82) is 0 Å². The van der Waals surface area contributed by atoms with E-state index in [-0.39, 0.29) is 19.0 Å². The highest BCUT2D eigenvalue weighted by Crippen LogP contribution is 2.09. The molecule has 1 amide bonds. The molecule has 0 aromatic heterocycles. The van der Waals surface area contributed by atoms with E-state index in [9.17, 15) is 9.59 Å². The lowest BCUT2D eigenvalue weighted by Gasteiger charge is -2.36. The van der Waals surface area contributed by atoms with Crippen molar-refractivity contribution in [2.75, 3.05) is 26.7 Å². The van der Waals surface area contributed by atoms with E-state index in [4.69, 9.17) is 5.11 Å². The van der Waals surface area contributed by atoms with Gasteiger partial charge >= 0.3 is 5.97 Å². The van der Waals surface area contributed by atoms with Gasteiger partial charge in [-0.15, -0.1) is 6.58 Å². The second-order valence-corrected chi connectivity index (χ2v) is 3.35. The molecule has 0 aliphatic carbocycles. The summed E-state index contributed by atoms with van der Waals surface area (Å²) in [6.07, 6.45) is 1.61. The molecule has 1 heterocycles. The standard InChI is InChI=1S/C9H14N2O3/c1-3-4-11-6-8(12)10(2)5-7(11)9(13)14/h3,7H,1,4-6H2,2H3,(H,13,14). The summed E-state index contributed by atoms with van der Waals surface area (Å²) in [4.78, 5) is 25.2. The van der Waals surface area contributed by atoms with E-state index in [0.717, 1.165) is 0 Å². The molecular formula is C9H14N2O3. The van der Waals surface area contributed by atoms with Crippen LogP contribution in [-0.4, -0.2) is 59.5 Å². The van der Waals surface area contributed by atoms with Crippen LogP contribution in [0.5, 0.6) is 0 Å². The molecule has 1 rings (SSSR count). The average molecular weight is 198 g/mol. The monoisotopic (exact) mass is 198 g/mol. The summed E-state index contributed by atoms with van der Waals surface area (Å²) in [6, 6.07) is -0.615. The minimum Gasteiger partial charge on any atom is -0.480 e. The van der Waals surface area contributed by atoms with Gasteiger partial charge in [-0.25, -0.2) is 0 Å². The summed E-state index contributed by atoms with van der Waals surface area (Å²) in [5, 5.41) is 8.93. The number of aliphatic carboxylic acids is 1. The third-order valence-corrected chi connectivity index (χ3v) is 2.30. The predicted octanol–water partition coefficient (Wildman–Crippen LogP) is -0.600. The molecule has 78 valence electrons. The molecule has 1 aliphatic rings. The lowest BCUT2D eigenvalue weighted by molar-refractivity contribution is -0.150. The van der Waals surface area contributed by atoms with Gasteiger partial charge in [-0.2, -0.15) is 0 Å². The lowest BCUT2D eigenvalue weighted by atomic mass is 10.1. The number of nitrogens with zero attached hydrogens (tertiary/aromatic N) is 2. The van der Waals surface area contributed by atoms with Crippen molar-refractivity contribution >= 4 is 11.9 Å². The SMILES string of the molecule is C=CCN1CC(=O)N(C)CC1C(=O)O. The minimum atomic E-state index is -0.897. The summed E-state index contributed by atoms with van der Waals surface area (Å²) < 4.78 is 0. The van der Waals surface area contributed by atoms with Gasteiger partial charge in [0.1, 0.15) is 6.04 Å². The zero-order valence-electron chi connectivity index (χ0n) is 8.14. The van der Waals surface area contributed by atoms with Crippen LogP contribution in [0.25, 0.3) is 0 Å². The van der Waals surface area contributed by atoms with Crippen LogP contribution >= 0.6 is 0 Å². The topological polar surface area (TPSA) is 60.9 Å². The molecule has 1 saturated heterocycles. The van der Waals surface area contributed by atoms with Crippen LogP contribution in [0.15, 0.2) is 12.7 Å². The molecule has 5 nitrogen and oxygen atoms in total. The van der Waals surface area contributed by atoms with Crippen molar-refractivity contribution in [2.45, 2.75) is 6.04 Å². The molecule has 0 aromatic rings. The number of carboxylic acids is 1. The van der Waals surface area contributed by atoms with Crippen molar-refractivity contribution in [3.63, 3.8) is 0 Å². The Balaban J connectivity index is 2.74. The summed E-state index contributed by atoms with van der Waals surface area (Å²) >= 11 is 0. The molecule has 1 N–H and O–H groups in total. The van der Waals surface area contributed by atoms with Gasteiger partial charge in [-0.1, -0.05) is 6.08 Å². The number of carboxylic acid groups (broad SMARTS) is 1. The van der Waals surface area contributed by atoms with Crippen molar-refractivity contribution in [1.82, 2.24) is 9.80 Å². The Morgan fingerprint density at radius 1 is 1.79 bits per heavy atom. The molecule has 5 heteroatoms. The second kappa shape index (κ2) is 4.23. The third-order valence-electron chi connectivity index (χ3n) is 2.30. The van der Waals surface area contributed by atoms with Gasteiger partial charge in [-0.3, -0.25) is 14.5 Å². The summed E-state index contributed by atoms with van der Waals surface area (Å²) in [7, 11) is 1.61. The molecule has 0 spiro atoms. The van der Waals surface area contributed by atoms with Crippen molar-refractivity contribution in [3.8, 4) is 0 Å². The summed E-state index contributed by atoms with van der Waals surface area (Å²) in [6.45, 7) is 4.35. The maximum Gasteiger partial charge on any atom is 0.322 e. The fourth-order valence-electron chi connectivity index (χ4n) is 1.47. The third kappa shape index (κ3) is 2.11. The molecule has 0 bridgehead atoms. The van der Waals surface area contributed by atoms with Crippen molar-refractivity contribution in [3.05, 3.63) is 12.7 Å². The number of amides is 1. The van der Waals surface area contributed by atoms with Gasteiger partial charge in [0.2, 0.25) is 5.91 Å². The molecule has 0 saturated carbocycles. The number of carbonyl (C=O) groups excluding carboxylic acids is 1. The van der Waals surface area contributed by atoms with Crippen molar-refractivity contribution in [2.24, 2.45) is 0 Å². The first-order valence-electron chi connectivity index (χ1n) is 4.38. The van der Waals surface area contributed by atoms with E-state index in [2.05, 4.69) is 6.58 Å². The highest BCUT2D eigenvalue weighted by molar-refractivity contribution is 5.83. The van der Waals surface area contributed by atoms with Gasteiger partial charge in [0, 0.05) is 20.1 Å². The molecule has 14 heavy (non-hydrogen) atoms. The van der Waals surface area contributed by atoms with Crippen LogP contribution in [-0.2, 0) is 9.59 Å².